The molecule has 0 aromatic heterocycles. The maximum atomic E-state index is 9.09. The summed E-state index contributed by atoms with van der Waals surface area (Å²) in [6.07, 6.45) is 0. The molecule has 0 radical (unpaired) electrons. The van der Waals surface area contributed by atoms with Gasteiger partial charge in [0, 0.05) is 0 Å². The molecule has 0 aliphatic heterocycles. The topological polar surface area (TPSA) is 29.5 Å². The van der Waals surface area contributed by atoms with Crippen molar-refractivity contribution in [3.05, 3.63) is 58.1 Å². The minimum absolute atomic E-state index is 0.0269. The summed E-state index contributed by atoms with van der Waals surface area (Å²) in [5.41, 5.74) is 2.27. The van der Waals surface area contributed by atoms with Crippen molar-refractivity contribution >= 4 is 15.9 Å². The highest BCUT2D eigenvalue weighted by atomic mass is 79.9. The van der Waals surface area contributed by atoms with Crippen LogP contribution in [0.4, 0.5) is 0 Å². The van der Waals surface area contributed by atoms with Crippen LogP contribution >= 0.6 is 15.9 Å². The minimum atomic E-state index is 0.0269. The van der Waals surface area contributed by atoms with Crippen molar-refractivity contribution in [2.75, 3.05) is 0 Å². The summed E-state index contributed by atoms with van der Waals surface area (Å²) in [5, 5.41) is 9.09. The van der Waals surface area contributed by atoms with Gasteiger partial charge in [-0.15, -0.1) is 0 Å². The van der Waals surface area contributed by atoms with Crippen LogP contribution in [-0.2, 0) is 12.0 Å². The molecule has 20 heavy (non-hydrogen) atoms. The Morgan fingerprint density at radius 1 is 1.05 bits per heavy atom. The van der Waals surface area contributed by atoms with Gasteiger partial charge in [-0.1, -0.05) is 39.0 Å². The third kappa shape index (κ3) is 3.62. The molecule has 2 rings (SSSR count). The molecule has 106 valence electrons. The Balaban J connectivity index is 2.18. The van der Waals surface area contributed by atoms with E-state index >= 15 is 0 Å². The molecule has 3 heteroatoms. The molecule has 2 nitrogen and oxygen atoms in total. The Hall–Kier alpha value is -1.32. The predicted molar refractivity (Wildman–Crippen MR) is 85.3 cm³/mol. The van der Waals surface area contributed by atoms with E-state index in [0.29, 0.717) is 0 Å². The van der Waals surface area contributed by atoms with Crippen LogP contribution in [0.1, 0.15) is 31.9 Å². The van der Waals surface area contributed by atoms with Gasteiger partial charge in [-0.05, 0) is 56.7 Å². The first-order valence-corrected chi connectivity index (χ1v) is 7.37. The molecule has 0 saturated carbocycles. The summed E-state index contributed by atoms with van der Waals surface area (Å²) < 4.78 is 6.68. The zero-order valence-corrected chi connectivity index (χ0v) is 13.6. The highest BCUT2D eigenvalue weighted by Gasteiger charge is 2.13. The van der Waals surface area contributed by atoms with Gasteiger partial charge in [0.2, 0.25) is 0 Å². The Bertz CT molecular complexity index is 583. The van der Waals surface area contributed by atoms with Gasteiger partial charge in [0.25, 0.3) is 0 Å². The monoisotopic (exact) mass is 334 g/mol. The molecule has 1 N–H and O–H groups in total. The number of ether oxygens (including phenoxy) is 1. The molecule has 0 amide bonds. The van der Waals surface area contributed by atoms with Crippen molar-refractivity contribution in [1.82, 2.24) is 0 Å². The van der Waals surface area contributed by atoms with E-state index in [2.05, 4.69) is 48.8 Å². The Morgan fingerprint density at radius 2 is 1.70 bits per heavy atom. The van der Waals surface area contributed by atoms with Crippen molar-refractivity contribution in [1.29, 1.82) is 0 Å². The van der Waals surface area contributed by atoms with Gasteiger partial charge in [0.15, 0.2) is 0 Å². The van der Waals surface area contributed by atoms with Gasteiger partial charge in [0.1, 0.15) is 11.5 Å². The quantitative estimate of drug-likeness (QED) is 0.852. The van der Waals surface area contributed by atoms with Crippen molar-refractivity contribution < 1.29 is 9.84 Å². The van der Waals surface area contributed by atoms with Crippen LogP contribution < -0.4 is 4.74 Å². The molecule has 0 fully saturated rings. The third-order valence-electron chi connectivity index (χ3n) is 3.13. The number of hydrogen-bond acceptors (Lipinski definition) is 2. The summed E-state index contributed by atoms with van der Waals surface area (Å²) >= 11 is 3.46. The molecule has 0 heterocycles. The summed E-state index contributed by atoms with van der Waals surface area (Å²) in [5.74, 6) is 1.54. The van der Waals surface area contributed by atoms with E-state index in [1.165, 1.54) is 5.56 Å². The van der Waals surface area contributed by atoms with Crippen molar-refractivity contribution in [3.63, 3.8) is 0 Å². The molecule has 0 unspecified atom stereocenters. The lowest BCUT2D eigenvalue weighted by atomic mass is 9.87. The Kier molecular flexibility index (Phi) is 4.51. The molecule has 2 aromatic rings. The van der Waals surface area contributed by atoms with E-state index < -0.39 is 0 Å². The molecule has 0 bridgehead atoms. The lowest BCUT2D eigenvalue weighted by molar-refractivity contribution is 0.281. The normalized spacial score (nSPS) is 11.4. The second kappa shape index (κ2) is 5.98. The minimum Gasteiger partial charge on any atom is -0.456 e. The van der Waals surface area contributed by atoms with Crippen LogP contribution in [0.5, 0.6) is 11.5 Å². The average Bonchev–Trinajstić information content (AvgIpc) is 2.40. The van der Waals surface area contributed by atoms with E-state index in [9.17, 15) is 0 Å². The number of rotatable bonds is 3. The zero-order valence-electron chi connectivity index (χ0n) is 12.0. The zero-order chi connectivity index (χ0) is 14.8. The Labute approximate surface area is 128 Å². The fourth-order valence-corrected chi connectivity index (χ4v) is 2.38. The van der Waals surface area contributed by atoms with Crippen molar-refractivity contribution in [2.24, 2.45) is 0 Å². The first kappa shape index (κ1) is 15.1. The first-order valence-electron chi connectivity index (χ1n) is 6.58. The van der Waals surface area contributed by atoms with E-state index in [0.717, 1.165) is 21.5 Å². The van der Waals surface area contributed by atoms with Crippen LogP contribution in [0.2, 0.25) is 0 Å². The summed E-state index contributed by atoms with van der Waals surface area (Å²) in [6, 6.07) is 13.7. The lowest BCUT2D eigenvalue weighted by Crippen LogP contribution is -2.10. The van der Waals surface area contributed by atoms with Gasteiger partial charge in [0.05, 0.1) is 11.1 Å². The predicted octanol–water partition coefficient (Wildman–Crippen LogP) is 5.03. The van der Waals surface area contributed by atoms with Crippen LogP contribution in [0.25, 0.3) is 0 Å². The van der Waals surface area contributed by atoms with Gasteiger partial charge in [-0.3, -0.25) is 0 Å². The van der Waals surface area contributed by atoms with E-state index in [4.69, 9.17) is 9.84 Å². The summed E-state index contributed by atoms with van der Waals surface area (Å²) in [6.45, 7) is 6.59. The standard InChI is InChI=1S/C17H19BrO2/c1-17(2,3)13-5-7-14(8-6-13)20-16-9-4-12(11-19)10-15(16)18/h4-10,19H,11H2,1-3H3. The lowest BCUT2D eigenvalue weighted by Gasteiger charge is -2.19. The number of halogens is 1. The second-order valence-electron chi connectivity index (χ2n) is 5.80. The van der Waals surface area contributed by atoms with Gasteiger partial charge < -0.3 is 9.84 Å². The average molecular weight is 335 g/mol. The molecule has 0 atom stereocenters. The van der Waals surface area contributed by atoms with Crippen LogP contribution in [0, 0.1) is 0 Å². The number of hydrogen-bond donors (Lipinski definition) is 1. The van der Waals surface area contributed by atoms with E-state index in [1.807, 2.05) is 30.3 Å². The SMILES string of the molecule is CC(C)(C)c1ccc(Oc2ccc(CO)cc2Br)cc1. The highest BCUT2D eigenvalue weighted by molar-refractivity contribution is 9.10. The van der Waals surface area contributed by atoms with Crippen LogP contribution in [0.3, 0.4) is 0 Å². The highest BCUT2D eigenvalue weighted by Crippen LogP contribution is 2.32. The maximum absolute atomic E-state index is 9.09. The van der Waals surface area contributed by atoms with E-state index in [-0.39, 0.29) is 12.0 Å². The molecule has 0 aliphatic carbocycles. The fraction of sp³-hybridized carbons (Fsp3) is 0.294. The third-order valence-corrected chi connectivity index (χ3v) is 3.75. The number of benzene rings is 2. The molecule has 2 aromatic carbocycles. The Morgan fingerprint density at radius 3 is 2.20 bits per heavy atom. The van der Waals surface area contributed by atoms with Gasteiger partial charge in [-0.2, -0.15) is 0 Å². The largest absolute Gasteiger partial charge is 0.456 e. The van der Waals surface area contributed by atoms with Gasteiger partial charge in [-0.25, -0.2) is 0 Å². The van der Waals surface area contributed by atoms with Crippen LogP contribution in [-0.4, -0.2) is 5.11 Å². The summed E-state index contributed by atoms with van der Waals surface area (Å²) in [7, 11) is 0. The molecular weight excluding hydrogens is 316 g/mol. The first-order chi connectivity index (χ1) is 9.40. The molecule has 0 spiro atoms. The molecular formula is C17H19BrO2. The second-order valence-corrected chi connectivity index (χ2v) is 6.65. The van der Waals surface area contributed by atoms with Crippen LogP contribution in [0.15, 0.2) is 46.9 Å². The van der Waals surface area contributed by atoms with Crippen molar-refractivity contribution in [3.8, 4) is 11.5 Å². The summed E-state index contributed by atoms with van der Waals surface area (Å²) in [4.78, 5) is 0. The van der Waals surface area contributed by atoms with Crippen molar-refractivity contribution in [2.45, 2.75) is 32.8 Å². The van der Waals surface area contributed by atoms with E-state index in [1.54, 1.807) is 0 Å². The number of aliphatic hydroxyl groups excluding tert-OH is 1. The van der Waals surface area contributed by atoms with Gasteiger partial charge >= 0.3 is 0 Å². The maximum Gasteiger partial charge on any atom is 0.141 e. The molecule has 0 aliphatic rings. The number of aliphatic hydroxyl groups is 1. The molecule has 0 saturated heterocycles. The fourth-order valence-electron chi connectivity index (χ4n) is 1.88. The smallest absolute Gasteiger partial charge is 0.141 e.